The molecule has 56 valence electrons. The summed E-state index contributed by atoms with van der Waals surface area (Å²) in [6.07, 6.45) is 1.71. The van der Waals surface area contributed by atoms with Crippen LogP contribution in [0.15, 0.2) is 10.7 Å². The van der Waals surface area contributed by atoms with Crippen LogP contribution in [0.25, 0.3) is 0 Å². The number of aryl methyl sites for hydroxylation is 1. The molecule has 0 unspecified atom stereocenters. The Morgan fingerprint density at radius 1 is 1.90 bits per heavy atom. The molecule has 0 fully saturated rings. The molecule has 0 saturated carbocycles. The average Bonchev–Trinajstić information content (AvgIpc) is 2.30. The van der Waals surface area contributed by atoms with Crippen LogP contribution in [0.2, 0.25) is 0 Å². The Balaban J connectivity index is 3.01. The zero-order valence-electron chi connectivity index (χ0n) is 5.63. The highest BCUT2D eigenvalue weighted by Gasteiger charge is 2.03. The third kappa shape index (κ3) is 1.15. The second-order valence-corrected chi connectivity index (χ2v) is 2.66. The third-order valence-corrected chi connectivity index (χ3v) is 1.81. The summed E-state index contributed by atoms with van der Waals surface area (Å²) in [5.74, 6) is 6.04. The number of nitrogens with two attached hydrogens (primary N) is 1. The molecule has 0 amide bonds. The molecule has 0 aliphatic heterocycles. The molecule has 10 heavy (non-hydrogen) atoms. The van der Waals surface area contributed by atoms with E-state index < -0.39 is 0 Å². The largest absolute Gasteiger partial charge is 0.308 e. The van der Waals surface area contributed by atoms with E-state index in [0.29, 0.717) is 0 Å². The summed E-state index contributed by atoms with van der Waals surface area (Å²) in [7, 11) is 0. The van der Waals surface area contributed by atoms with Crippen molar-refractivity contribution in [1.82, 2.24) is 9.78 Å². The summed E-state index contributed by atoms with van der Waals surface area (Å²) >= 11 is 3.29. The molecule has 0 aromatic carbocycles. The Hall–Kier alpha value is -0.550. The van der Waals surface area contributed by atoms with Crippen molar-refractivity contribution >= 4 is 21.7 Å². The molecule has 4 nitrogen and oxygen atoms in total. The van der Waals surface area contributed by atoms with Crippen LogP contribution in [-0.2, 0) is 6.54 Å². The Kier molecular flexibility index (Phi) is 2.29. The maximum absolute atomic E-state index is 5.23. The molecule has 0 atom stereocenters. The van der Waals surface area contributed by atoms with Gasteiger partial charge in [-0.1, -0.05) is 0 Å². The number of anilines is 1. The molecule has 1 rings (SSSR count). The fourth-order valence-corrected chi connectivity index (χ4v) is 1.16. The average molecular weight is 205 g/mol. The van der Waals surface area contributed by atoms with Gasteiger partial charge in [0, 0.05) is 6.54 Å². The van der Waals surface area contributed by atoms with Crippen LogP contribution in [-0.4, -0.2) is 9.78 Å². The second kappa shape index (κ2) is 3.03. The van der Waals surface area contributed by atoms with Crippen LogP contribution < -0.4 is 11.3 Å². The monoisotopic (exact) mass is 204 g/mol. The number of aromatic nitrogens is 2. The molecule has 0 radical (unpaired) electrons. The Morgan fingerprint density at radius 2 is 2.60 bits per heavy atom. The minimum absolute atomic E-state index is 0.808. The van der Waals surface area contributed by atoms with E-state index in [1.165, 1.54) is 0 Å². The smallest absolute Gasteiger partial charge is 0.152 e. The lowest BCUT2D eigenvalue weighted by Crippen LogP contribution is -2.12. The van der Waals surface area contributed by atoms with Crippen molar-refractivity contribution in [2.24, 2.45) is 5.84 Å². The molecule has 0 aliphatic carbocycles. The highest BCUT2D eigenvalue weighted by molar-refractivity contribution is 9.10. The topological polar surface area (TPSA) is 55.9 Å². The van der Waals surface area contributed by atoms with Gasteiger partial charge in [-0.15, -0.1) is 0 Å². The SMILES string of the molecule is CCn1ncc(Br)c1NN. The second-order valence-electron chi connectivity index (χ2n) is 1.80. The lowest BCUT2D eigenvalue weighted by Gasteiger charge is -2.02. The third-order valence-electron chi connectivity index (χ3n) is 1.23. The Morgan fingerprint density at radius 3 is 3.00 bits per heavy atom. The molecule has 0 bridgehead atoms. The molecular formula is C5H9BrN4. The first kappa shape index (κ1) is 7.56. The Bertz CT molecular complexity index is 219. The summed E-state index contributed by atoms with van der Waals surface area (Å²) in [5.41, 5.74) is 2.55. The summed E-state index contributed by atoms with van der Waals surface area (Å²) < 4.78 is 2.65. The molecule has 1 aromatic rings. The zero-order chi connectivity index (χ0) is 7.56. The van der Waals surface area contributed by atoms with Crippen LogP contribution in [0.1, 0.15) is 6.92 Å². The van der Waals surface area contributed by atoms with Gasteiger partial charge in [-0.05, 0) is 22.9 Å². The highest BCUT2D eigenvalue weighted by Crippen LogP contribution is 2.19. The van der Waals surface area contributed by atoms with Gasteiger partial charge < -0.3 is 5.43 Å². The predicted molar refractivity (Wildman–Crippen MR) is 43.4 cm³/mol. The van der Waals surface area contributed by atoms with E-state index in [1.54, 1.807) is 10.9 Å². The first-order valence-electron chi connectivity index (χ1n) is 2.97. The molecule has 0 saturated heterocycles. The minimum atomic E-state index is 0.808. The normalized spacial score (nSPS) is 9.90. The lowest BCUT2D eigenvalue weighted by molar-refractivity contribution is 0.665. The van der Waals surface area contributed by atoms with Gasteiger partial charge >= 0.3 is 0 Å². The number of nitrogens with zero attached hydrogens (tertiary/aromatic N) is 2. The molecule has 3 N–H and O–H groups in total. The van der Waals surface area contributed by atoms with E-state index in [1.807, 2.05) is 6.92 Å². The van der Waals surface area contributed by atoms with Gasteiger partial charge in [0.15, 0.2) is 5.82 Å². The summed E-state index contributed by atoms with van der Waals surface area (Å²) in [6.45, 7) is 2.81. The van der Waals surface area contributed by atoms with Gasteiger partial charge in [-0.3, -0.25) is 0 Å². The van der Waals surface area contributed by atoms with E-state index >= 15 is 0 Å². The van der Waals surface area contributed by atoms with Crippen molar-refractivity contribution in [2.75, 3.05) is 5.43 Å². The molecule has 1 aromatic heterocycles. The van der Waals surface area contributed by atoms with Gasteiger partial charge in [0.05, 0.1) is 10.7 Å². The molecule has 5 heteroatoms. The van der Waals surface area contributed by atoms with Crippen molar-refractivity contribution in [1.29, 1.82) is 0 Å². The summed E-state index contributed by atoms with van der Waals surface area (Å²) in [4.78, 5) is 0. The number of hydrazine groups is 1. The van der Waals surface area contributed by atoms with E-state index in [9.17, 15) is 0 Å². The summed E-state index contributed by atoms with van der Waals surface area (Å²) in [5, 5.41) is 4.03. The molecule has 0 spiro atoms. The Labute approximate surface area is 67.5 Å². The molecule has 1 heterocycles. The van der Waals surface area contributed by atoms with Crippen molar-refractivity contribution in [3.63, 3.8) is 0 Å². The van der Waals surface area contributed by atoms with Crippen LogP contribution in [0.5, 0.6) is 0 Å². The number of nitrogens with one attached hydrogen (secondary N) is 1. The lowest BCUT2D eigenvalue weighted by atomic mass is 10.6. The van der Waals surface area contributed by atoms with Gasteiger partial charge in [-0.25, -0.2) is 10.5 Å². The van der Waals surface area contributed by atoms with E-state index in [4.69, 9.17) is 5.84 Å². The number of halogens is 1. The molecular weight excluding hydrogens is 196 g/mol. The van der Waals surface area contributed by atoms with Gasteiger partial charge in [0.25, 0.3) is 0 Å². The van der Waals surface area contributed by atoms with E-state index in [2.05, 4.69) is 26.5 Å². The number of hydrogen-bond acceptors (Lipinski definition) is 3. The highest BCUT2D eigenvalue weighted by atomic mass is 79.9. The number of nitrogen functional groups attached to an aromatic ring is 1. The summed E-state index contributed by atoms with van der Waals surface area (Å²) in [6, 6.07) is 0. The van der Waals surface area contributed by atoms with Crippen molar-refractivity contribution in [2.45, 2.75) is 13.5 Å². The van der Waals surface area contributed by atoms with Crippen LogP contribution in [0, 0.1) is 0 Å². The first-order valence-corrected chi connectivity index (χ1v) is 3.76. The number of rotatable bonds is 2. The van der Waals surface area contributed by atoms with Gasteiger partial charge in [-0.2, -0.15) is 5.10 Å². The van der Waals surface area contributed by atoms with E-state index in [0.717, 1.165) is 16.8 Å². The fraction of sp³-hybridized carbons (Fsp3) is 0.400. The van der Waals surface area contributed by atoms with Gasteiger partial charge in [0.2, 0.25) is 0 Å². The van der Waals surface area contributed by atoms with Gasteiger partial charge in [0.1, 0.15) is 0 Å². The maximum atomic E-state index is 5.23. The van der Waals surface area contributed by atoms with Crippen LogP contribution >= 0.6 is 15.9 Å². The van der Waals surface area contributed by atoms with Crippen LogP contribution in [0.4, 0.5) is 5.82 Å². The predicted octanol–water partition coefficient (Wildman–Crippen LogP) is 0.951. The first-order chi connectivity index (χ1) is 4.79. The molecule has 0 aliphatic rings. The standard InChI is InChI=1S/C5H9BrN4/c1-2-10-5(9-7)4(6)3-8-10/h3,9H,2,7H2,1H3. The maximum Gasteiger partial charge on any atom is 0.152 e. The number of hydrogen-bond donors (Lipinski definition) is 2. The van der Waals surface area contributed by atoms with Crippen molar-refractivity contribution in [3.05, 3.63) is 10.7 Å². The minimum Gasteiger partial charge on any atom is -0.308 e. The fourth-order valence-electron chi connectivity index (χ4n) is 0.746. The zero-order valence-corrected chi connectivity index (χ0v) is 7.22. The van der Waals surface area contributed by atoms with Crippen molar-refractivity contribution < 1.29 is 0 Å². The van der Waals surface area contributed by atoms with Crippen molar-refractivity contribution in [3.8, 4) is 0 Å². The van der Waals surface area contributed by atoms with Crippen LogP contribution in [0.3, 0.4) is 0 Å². The quantitative estimate of drug-likeness (QED) is 0.558. The van der Waals surface area contributed by atoms with E-state index in [-0.39, 0.29) is 0 Å².